The van der Waals surface area contributed by atoms with Gasteiger partial charge in [0, 0.05) is 50.4 Å². The Hall–Kier alpha value is -1.14. The molecule has 1 aromatic carbocycles. The van der Waals surface area contributed by atoms with Gasteiger partial charge in [0.2, 0.25) is 0 Å². The van der Waals surface area contributed by atoms with E-state index in [1.165, 1.54) is 5.56 Å². The van der Waals surface area contributed by atoms with E-state index in [2.05, 4.69) is 29.7 Å². The van der Waals surface area contributed by atoms with Gasteiger partial charge in [0.1, 0.15) is 5.75 Å². The van der Waals surface area contributed by atoms with Gasteiger partial charge in [0.15, 0.2) is 0 Å². The molecule has 0 radical (unpaired) electrons. The Labute approximate surface area is 145 Å². The van der Waals surface area contributed by atoms with Gasteiger partial charge in [-0.3, -0.25) is 9.80 Å². The first-order chi connectivity index (χ1) is 11.6. The van der Waals surface area contributed by atoms with Gasteiger partial charge in [0.25, 0.3) is 0 Å². The van der Waals surface area contributed by atoms with Crippen molar-refractivity contribution in [2.75, 3.05) is 32.8 Å². The molecule has 1 fully saturated rings. The number of aliphatic hydroxyl groups excluding tert-OH is 2. The lowest BCUT2D eigenvalue weighted by molar-refractivity contribution is 0.0349. The summed E-state index contributed by atoms with van der Waals surface area (Å²) in [5, 5.41) is 18.9. The predicted molar refractivity (Wildman–Crippen MR) is 96.1 cm³/mol. The van der Waals surface area contributed by atoms with Crippen molar-refractivity contribution in [3.63, 3.8) is 0 Å². The third-order valence-electron chi connectivity index (χ3n) is 4.74. The number of rotatable bonds is 8. The lowest BCUT2D eigenvalue weighted by Gasteiger charge is -2.43. The maximum Gasteiger partial charge on any atom is 0.124 e. The molecule has 0 unspecified atom stereocenters. The Kier molecular flexibility index (Phi) is 7.49. The van der Waals surface area contributed by atoms with Crippen LogP contribution in [-0.4, -0.2) is 64.9 Å². The van der Waals surface area contributed by atoms with Gasteiger partial charge in [0.05, 0.1) is 13.2 Å². The molecule has 1 saturated heterocycles. The maximum atomic E-state index is 9.56. The van der Waals surface area contributed by atoms with E-state index >= 15 is 0 Å². The molecule has 136 valence electrons. The molecular formula is C19H32N2O3. The molecule has 5 heteroatoms. The number of hydrogen-bond donors (Lipinski definition) is 2. The summed E-state index contributed by atoms with van der Waals surface area (Å²) < 4.78 is 5.55. The fourth-order valence-electron chi connectivity index (χ4n) is 3.57. The van der Waals surface area contributed by atoms with Crippen LogP contribution in [0.15, 0.2) is 18.2 Å². The first-order valence-electron chi connectivity index (χ1n) is 9.03. The van der Waals surface area contributed by atoms with Gasteiger partial charge in [-0.05, 0) is 44.9 Å². The Bertz CT molecular complexity index is 507. The first kappa shape index (κ1) is 19.2. The first-order valence-corrected chi connectivity index (χ1v) is 9.03. The van der Waals surface area contributed by atoms with Crippen LogP contribution >= 0.6 is 0 Å². The van der Waals surface area contributed by atoms with Crippen LogP contribution in [0.1, 0.15) is 38.3 Å². The summed E-state index contributed by atoms with van der Waals surface area (Å²) in [5.41, 5.74) is 2.05. The fraction of sp³-hybridized carbons (Fsp3) is 0.684. The summed E-state index contributed by atoms with van der Waals surface area (Å²) in [5.74, 6) is 0.770. The molecule has 5 nitrogen and oxygen atoms in total. The van der Waals surface area contributed by atoms with Crippen LogP contribution < -0.4 is 4.74 Å². The monoisotopic (exact) mass is 336 g/mol. The van der Waals surface area contributed by atoms with Crippen LogP contribution in [0.4, 0.5) is 0 Å². The molecule has 1 aliphatic rings. The molecule has 0 aliphatic carbocycles. The second kappa shape index (κ2) is 9.37. The summed E-state index contributed by atoms with van der Waals surface area (Å²) in [6, 6.07) is 7.00. The Morgan fingerprint density at radius 2 is 2.04 bits per heavy atom. The highest BCUT2D eigenvalue weighted by Crippen LogP contribution is 2.23. The molecule has 24 heavy (non-hydrogen) atoms. The highest BCUT2D eigenvalue weighted by Gasteiger charge is 2.28. The zero-order valence-electron chi connectivity index (χ0n) is 15.2. The maximum absolute atomic E-state index is 9.56. The number of benzene rings is 1. The van der Waals surface area contributed by atoms with Crippen molar-refractivity contribution in [1.82, 2.24) is 9.80 Å². The zero-order valence-corrected chi connectivity index (χ0v) is 15.2. The highest BCUT2D eigenvalue weighted by molar-refractivity contribution is 5.37. The van der Waals surface area contributed by atoms with Crippen LogP contribution in [-0.2, 0) is 13.2 Å². The second-order valence-electron chi connectivity index (χ2n) is 6.77. The molecule has 0 bridgehead atoms. The van der Waals surface area contributed by atoms with Gasteiger partial charge in [-0.1, -0.05) is 6.07 Å². The number of hydrogen-bond acceptors (Lipinski definition) is 5. The van der Waals surface area contributed by atoms with E-state index in [-0.39, 0.29) is 13.2 Å². The van der Waals surface area contributed by atoms with Crippen LogP contribution in [0.25, 0.3) is 0 Å². The van der Waals surface area contributed by atoms with Crippen molar-refractivity contribution in [2.24, 2.45) is 0 Å². The normalized spacial score (nSPS) is 19.8. The molecule has 2 N–H and O–H groups in total. The molecule has 0 saturated carbocycles. The fourth-order valence-corrected chi connectivity index (χ4v) is 3.57. The van der Waals surface area contributed by atoms with Crippen LogP contribution in [0.5, 0.6) is 5.75 Å². The average Bonchev–Trinajstić information content (AvgIpc) is 2.56. The third-order valence-corrected chi connectivity index (χ3v) is 4.74. The molecule has 1 aliphatic heterocycles. The summed E-state index contributed by atoms with van der Waals surface area (Å²) in [7, 11) is 0. The number of nitrogens with zero attached hydrogens (tertiary/aromatic N) is 2. The SMILES string of the molecule is CCOc1ccc(CN2CCN(C(C)C)[C@H](CCO)C2)cc1CO. The van der Waals surface area contributed by atoms with Crippen molar-refractivity contribution in [1.29, 1.82) is 0 Å². The molecule has 0 spiro atoms. The van der Waals surface area contributed by atoms with Gasteiger partial charge in [-0.2, -0.15) is 0 Å². The molecular weight excluding hydrogens is 304 g/mol. The van der Waals surface area contributed by atoms with Gasteiger partial charge < -0.3 is 14.9 Å². The average molecular weight is 336 g/mol. The lowest BCUT2D eigenvalue weighted by Crippen LogP contribution is -2.55. The molecule has 0 amide bonds. The number of aliphatic hydroxyl groups is 2. The quantitative estimate of drug-likeness (QED) is 0.759. The van der Waals surface area contributed by atoms with Gasteiger partial charge in [-0.15, -0.1) is 0 Å². The van der Waals surface area contributed by atoms with Crippen molar-refractivity contribution < 1.29 is 14.9 Å². The minimum absolute atomic E-state index is 0.00254. The number of piperazine rings is 1. The lowest BCUT2D eigenvalue weighted by atomic mass is 10.0. The summed E-state index contributed by atoms with van der Waals surface area (Å²) in [6.45, 7) is 11.1. The summed E-state index contributed by atoms with van der Waals surface area (Å²) in [4.78, 5) is 4.93. The number of ether oxygens (including phenoxy) is 1. The van der Waals surface area contributed by atoms with E-state index in [1.54, 1.807) is 0 Å². The molecule has 1 atom stereocenters. The minimum Gasteiger partial charge on any atom is -0.494 e. The highest BCUT2D eigenvalue weighted by atomic mass is 16.5. The van der Waals surface area contributed by atoms with E-state index in [0.29, 0.717) is 18.7 Å². The van der Waals surface area contributed by atoms with Gasteiger partial charge >= 0.3 is 0 Å². The van der Waals surface area contributed by atoms with E-state index in [9.17, 15) is 10.2 Å². The van der Waals surface area contributed by atoms with Gasteiger partial charge in [-0.25, -0.2) is 0 Å². The smallest absolute Gasteiger partial charge is 0.124 e. The van der Waals surface area contributed by atoms with E-state index < -0.39 is 0 Å². The predicted octanol–water partition coefficient (Wildman–Crippen LogP) is 1.85. The largest absolute Gasteiger partial charge is 0.494 e. The third kappa shape index (κ3) is 4.93. The van der Waals surface area contributed by atoms with Crippen molar-refractivity contribution in [3.8, 4) is 5.75 Å². The Morgan fingerprint density at radius 1 is 1.25 bits per heavy atom. The van der Waals surface area contributed by atoms with Crippen molar-refractivity contribution in [3.05, 3.63) is 29.3 Å². The molecule has 1 heterocycles. The van der Waals surface area contributed by atoms with Crippen LogP contribution in [0, 0.1) is 0 Å². The minimum atomic E-state index is -0.00254. The summed E-state index contributed by atoms with van der Waals surface area (Å²) in [6.07, 6.45) is 0.819. The van der Waals surface area contributed by atoms with E-state index in [0.717, 1.165) is 43.9 Å². The summed E-state index contributed by atoms with van der Waals surface area (Å²) >= 11 is 0. The molecule has 0 aromatic heterocycles. The van der Waals surface area contributed by atoms with Crippen molar-refractivity contribution in [2.45, 2.75) is 52.4 Å². The zero-order chi connectivity index (χ0) is 17.5. The Balaban J connectivity index is 2.03. The van der Waals surface area contributed by atoms with Crippen LogP contribution in [0.2, 0.25) is 0 Å². The topological polar surface area (TPSA) is 56.2 Å². The van der Waals surface area contributed by atoms with Crippen LogP contribution in [0.3, 0.4) is 0 Å². The van der Waals surface area contributed by atoms with E-state index in [4.69, 9.17) is 4.74 Å². The Morgan fingerprint density at radius 3 is 2.67 bits per heavy atom. The molecule has 2 rings (SSSR count). The van der Waals surface area contributed by atoms with E-state index in [1.807, 2.05) is 19.1 Å². The second-order valence-corrected chi connectivity index (χ2v) is 6.77. The van der Waals surface area contributed by atoms with Crippen molar-refractivity contribution >= 4 is 0 Å². The molecule has 1 aromatic rings. The standard InChI is InChI=1S/C19H32N2O3/c1-4-24-19-6-5-16(11-17(19)14-23)12-20-8-9-21(15(2)3)18(13-20)7-10-22/h5-6,11,15,18,22-23H,4,7-10,12-14H2,1-3H3/t18-/m1/s1.